The van der Waals surface area contributed by atoms with Gasteiger partial charge in [0.15, 0.2) is 0 Å². The summed E-state index contributed by atoms with van der Waals surface area (Å²) < 4.78 is 4.63. The van der Waals surface area contributed by atoms with E-state index in [2.05, 4.69) is 23.9 Å². The number of likely N-dealkylation sites (N-methyl/N-ethyl adjacent to an activating group) is 1. The van der Waals surface area contributed by atoms with Crippen LogP contribution in [0.1, 0.15) is 40.0 Å². The van der Waals surface area contributed by atoms with Crippen LogP contribution in [-0.4, -0.2) is 49.6 Å². The Balaban J connectivity index is 2.43. The molecule has 1 N–H and O–H groups in total. The number of amides is 1. The van der Waals surface area contributed by atoms with Crippen molar-refractivity contribution >= 4 is 11.9 Å². The highest BCUT2D eigenvalue weighted by atomic mass is 16.5. The number of hydrogen-bond acceptors (Lipinski definition) is 4. The van der Waals surface area contributed by atoms with E-state index in [1.807, 2.05) is 6.92 Å². The van der Waals surface area contributed by atoms with Gasteiger partial charge in [0.1, 0.15) is 0 Å². The minimum Gasteiger partial charge on any atom is -0.468 e. The smallest absolute Gasteiger partial charge is 0.319 e. The van der Waals surface area contributed by atoms with Crippen LogP contribution in [0.5, 0.6) is 0 Å². The number of carbonyl (C=O) groups excluding carboxylic acids is 2. The number of nitrogens with zero attached hydrogens (tertiary/aromatic N) is 1. The molecule has 0 saturated heterocycles. The Kier molecular flexibility index (Phi) is 6.99. The van der Waals surface area contributed by atoms with Crippen LogP contribution in [-0.2, 0) is 14.3 Å². The summed E-state index contributed by atoms with van der Waals surface area (Å²) in [4.78, 5) is 25.1. The van der Waals surface area contributed by atoms with E-state index in [1.165, 1.54) is 20.0 Å². The molecule has 3 unspecified atom stereocenters. The second kappa shape index (κ2) is 8.25. The van der Waals surface area contributed by atoms with Crippen LogP contribution in [0.15, 0.2) is 0 Å². The Labute approximate surface area is 122 Å². The summed E-state index contributed by atoms with van der Waals surface area (Å²) in [5.74, 6) is 0.871. The zero-order valence-corrected chi connectivity index (χ0v) is 13.1. The fourth-order valence-electron chi connectivity index (χ4n) is 2.77. The second-order valence-electron chi connectivity index (χ2n) is 5.82. The molecule has 5 nitrogen and oxygen atoms in total. The first-order chi connectivity index (χ1) is 9.47. The molecule has 20 heavy (non-hydrogen) atoms. The molecule has 0 spiro atoms. The maximum atomic E-state index is 12.1. The summed E-state index contributed by atoms with van der Waals surface area (Å²) in [5.41, 5.74) is 0. The van der Waals surface area contributed by atoms with Crippen molar-refractivity contribution in [2.24, 2.45) is 11.8 Å². The summed E-state index contributed by atoms with van der Waals surface area (Å²) >= 11 is 0. The number of ether oxygens (including phenoxy) is 1. The van der Waals surface area contributed by atoms with Gasteiger partial charge >= 0.3 is 5.97 Å². The number of hydrogen-bond donors (Lipinski definition) is 1. The lowest BCUT2D eigenvalue weighted by molar-refractivity contribution is -0.142. The molecule has 116 valence electrons. The molecule has 0 aromatic carbocycles. The number of nitrogens with one attached hydrogen (secondary N) is 1. The molecule has 1 amide bonds. The van der Waals surface area contributed by atoms with E-state index in [1.54, 1.807) is 4.90 Å². The van der Waals surface area contributed by atoms with Crippen LogP contribution in [0.25, 0.3) is 0 Å². The first-order valence-corrected chi connectivity index (χ1v) is 7.56. The van der Waals surface area contributed by atoms with Gasteiger partial charge in [-0.15, -0.1) is 0 Å². The van der Waals surface area contributed by atoms with E-state index in [0.717, 1.165) is 6.42 Å². The van der Waals surface area contributed by atoms with Crippen molar-refractivity contribution < 1.29 is 14.3 Å². The quantitative estimate of drug-likeness (QED) is 0.750. The van der Waals surface area contributed by atoms with E-state index in [0.29, 0.717) is 18.4 Å². The first kappa shape index (κ1) is 17.0. The zero-order valence-electron chi connectivity index (χ0n) is 13.1. The number of esters is 1. The minimum absolute atomic E-state index is 0.00158. The van der Waals surface area contributed by atoms with Crippen molar-refractivity contribution in [2.75, 3.05) is 26.7 Å². The molecule has 1 fully saturated rings. The van der Waals surface area contributed by atoms with Crippen LogP contribution in [0.3, 0.4) is 0 Å². The van der Waals surface area contributed by atoms with Gasteiger partial charge in [0.2, 0.25) is 5.91 Å². The van der Waals surface area contributed by atoms with Gasteiger partial charge in [-0.25, -0.2) is 0 Å². The Morgan fingerprint density at radius 3 is 2.55 bits per heavy atom. The molecular formula is C15H28N2O3. The maximum Gasteiger partial charge on any atom is 0.319 e. The Morgan fingerprint density at radius 2 is 1.95 bits per heavy atom. The van der Waals surface area contributed by atoms with Gasteiger partial charge in [0.05, 0.1) is 20.2 Å². The van der Waals surface area contributed by atoms with Crippen molar-refractivity contribution in [3.05, 3.63) is 0 Å². The van der Waals surface area contributed by atoms with E-state index >= 15 is 0 Å². The average Bonchev–Trinajstić information content (AvgIpc) is 2.42. The van der Waals surface area contributed by atoms with Crippen LogP contribution in [0, 0.1) is 11.8 Å². The van der Waals surface area contributed by atoms with Crippen molar-refractivity contribution in [1.82, 2.24) is 10.2 Å². The molecule has 5 heteroatoms. The molecule has 0 aliphatic heterocycles. The molecule has 1 aliphatic rings. The third kappa shape index (κ3) is 5.12. The molecule has 0 radical (unpaired) electrons. The summed E-state index contributed by atoms with van der Waals surface area (Å²) in [7, 11) is 1.36. The van der Waals surface area contributed by atoms with E-state index in [-0.39, 0.29) is 31.0 Å². The lowest BCUT2D eigenvalue weighted by atomic mass is 9.78. The van der Waals surface area contributed by atoms with Gasteiger partial charge in [0.25, 0.3) is 0 Å². The Morgan fingerprint density at radius 1 is 1.25 bits per heavy atom. The van der Waals surface area contributed by atoms with E-state index < -0.39 is 0 Å². The molecule has 0 bridgehead atoms. The summed E-state index contributed by atoms with van der Waals surface area (Å²) in [5, 5.41) is 3.12. The monoisotopic (exact) mass is 284 g/mol. The predicted molar refractivity (Wildman–Crippen MR) is 78.2 cm³/mol. The topological polar surface area (TPSA) is 58.6 Å². The number of rotatable bonds is 6. The van der Waals surface area contributed by atoms with Crippen LogP contribution >= 0.6 is 0 Å². The van der Waals surface area contributed by atoms with Gasteiger partial charge in [0, 0.05) is 6.04 Å². The summed E-state index contributed by atoms with van der Waals surface area (Å²) in [6.07, 6.45) is 3.48. The van der Waals surface area contributed by atoms with Crippen LogP contribution in [0.4, 0.5) is 0 Å². The van der Waals surface area contributed by atoms with Crippen molar-refractivity contribution in [2.45, 2.75) is 46.1 Å². The third-order valence-corrected chi connectivity index (χ3v) is 4.45. The van der Waals surface area contributed by atoms with Crippen molar-refractivity contribution in [3.8, 4) is 0 Å². The number of carbonyl (C=O) groups is 2. The Bertz CT molecular complexity index is 333. The normalized spacial score (nSPS) is 26.4. The highest BCUT2D eigenvalue weighted by Crippen LogP contribution is 2.29. The molecule has 0 aromatic rings. The second-order valence-corrected chi connectivity index (χ2v) is 5.82. The van der Waals surface area contributed by atoms with Gasteiger partial charge in [-0.3, -0.25) is 14.5 Å². The minimum atomic E-state index is -0.306. The van der Waals surface area contributed by atoms with Gasteiger partial charge in [-0.2, -0.15) is 0 Å². The maximum absolute atomic E-state index is 12.1. The highest BCUT2D eigenvalue weighted by Gasteiger charge is 2.28. The van der Waals surface area contributed by atoms with Gasteiger partial charge < -0.3 is 10.1 Å². The van der Waals surface area contributed by atoms with Crippen molar-refractivity contribution in [1.29, 1.82) is 0 Å². The summed E-state index contributed by atoms with van der Waals surface area (Å²) in [6, 6.07) is 0.267. The molecule has 1 saturated carbocycles. The SMILES string of the molecule is CCN(CC(=O)NC1CCCC(C)C1C)CC(=O)OC. The third-order valence-electron chi connectivity index (χ3n) is 4.45. The zero-order chi connectivity index (χ0) is 15.1. The van der Waals surface area contributed by atoms with E-state index in [4.69, 9.17) is 0 Å². The van der Waals surface area contributed by atoms with Gasteiger partial charge in [-0.1, -0.05) is 33.6 Å². The molecule has 1 aliphatic carbocycles. The van der Waals surface area contributed by atoms with E-state index in [9.17, 15) is 9.59 Å². The van der Waals surface area contributed by atoms with Crippen molar-refractivity contribution in [3.63, 3.8) is 0 Å². The standard InChI is InChI=1S/C15H28N2O3/c1-5-17(10-15(19)20-4)9-14(18)16-13-8-6-7-11(2)12(13)3/h11-13H,5-10H2,1-4H3,(H,16,18). The largest absolute Gasteiger partial charge is 0.468 e. The predicted octanol–water partition coefficient (Wildman–Crippen LogP) is 1.42. The molecule has 0 heterocycles. The molecule has 1 rings (SSSR count). The number of methoxy groups -OCH3 is 1. The first-order valence-electron chi connectivity index (χ1n) is 7.56. The lowest BCUT2D eigenvalue weighted by Gasteiger charge is -2.35. The lowest BCUT2D eigenvalue weighted by Crippen LogP contribution is -2.48. The fourth-order valence-corrected chi connectivity index (χ4v) is 2.77. The van der Waals surface area contributed by atoms with Crippen LogP contribution < -0.4 is 5.32 Å². The molecule has 3 atom stereocenters. The average molecular weight is 284 g/mol. The Hall–Kier alpha value is -1.10. The fraction of sp³-hybridized carbons (Fsp3) is 0.867. The summed E-state index contributed by atoms with van der Waals surface area (Å²) in [6.45, 7) is 7.46. The molecular weight excluding hydrogens is 256 g/mol. The van der Waals surface area contributed by atoms with Gasteiger partial charge in [-0.05, 0) is 24.8 Å². The molecule has 0 aromatic heterocycles. The van der Waals surface area contributed by atoms with Crippen LogP contribution in [0.2, 0.25) is 0 Å². The highest BCUT2D eigenvalue weighted by molar-refractivity contribution is 5.79.